The number of rotatable bonds is 3. The third-order valence-electron chi connectivity index (χ3n) is 11.2. The SMILES string of the molecule is CC.c1ccc(-c2ccc(-c3ccc4c(c3)C3(CCCCC3)c3cc(-c5ccc6ccc7cccc8ccc5c6c78)ccc3-4)cc2)cc1. The van der Waals surface area contributed by atoms with Crippen LogP contribution in [0.2, 0.25) is 0 Å². The van der Waals surface area contributed by atoms with E-state index < -0.39 is 0 Å². The maximum Gasteiger partial charge on any atom is 0.0215 e. The molecule has 0 radical (unpaired) electrons. The van der Waals surface area contributed by atoms with Crippen LogP contribution in [0.25, 0.3) is 76.8 Å². The zero-order valence-corrected chi connectivity index (χ0v) is 27.9. The van der Waals surface area contributed by atoms with Gasteiger partial charge >= 0.3 is 0 Å². The molecule has 0 aliphatic heterocycles. The maximum atomic E-state index is 2.57. The third kappa shape index (κ3) is 4.36. The lowest BCUT2D eigenvalue weighted by atomic mass is 9.67. The highest BCUT2D eigenvalue weighted by Crippen LogP contribution is 2.57. The van der Waals surface area contributed by atoms with Crippen LogP contribution in [0.4, 0.5) is 0 Å². The summed E-state index contributed by atoms with van der Waals surface area (Å²) in [4.78, 5) is 0. The van der Waals surface area contributed by atoms with Gasteiger partial charge in [-0.2, -0.15) is 0 Å². The Bertz CT molecular complexity index is 2410. The summed E-state index contributed by atoms with van der Waals surface area (Å²) < 4.78 is 0. The van der Waals surface area contributed by atoms with Gasteiger partial charge in [0.2, 0.25) is 0 Å². The molecule has 0 unspecified atom stereocenters. The lowest BCUT2D eigenvalue weighted by Crippen LogP contribution is -2.28. The van der Waals surface area contributed by atoms with Crippen LogP contribution < -0.4 is 0 Å². The first-order valence-electron chi connectivity index (χ1n) is 17.9. The molecule has 8 aromatic rings. The van der Waals surface area contributed by atoms with Crippen molar-refractivity contribution in [2.24, 2.45) is 0 Å². The molecule has 0 amide bonds. The van der Waals surface area contributed by atoms with E-state index in [4.69, 9.17) is 0 Å². The van der Waals surface area contributed by atoms with E-state index in [1.807, 2.05) is 13.8 Å². The zero-order valence-electron chi connectivity index (χ0n) is 27.9. The number of hydrogen-bond acceptors (Lipinski definition) is 0. The summed E-state index contributed by atoms with van der Waals surface area (Å²) in [6.45, 7) is 4.00. The Hall–Kier alpha value is -5.20. The summed E-state index contributed by atoms with van der Waals surface area (Å²) in [6, 6.07) is 55.1. The van der Waals surface area contributed by atoms with E-state index >= 15 is 0 Å². The van der Waals surface area contributed by atoms with Crippen LogP contribution in [0.15, 0.2) is 146 Å². The molecule has 0 bridgehead atoms. The fraction of sp³-hybridized carbons (Fsp3) is 0.167. The van der Waals surface area contributed by atoms with Crippen LogP contribution >= 0.6 is 0 Å². The van der Waals surface area contributed by atoms with Crippen LogP contribution in [0, 0.1) is 0 Å². The van der Waals surface area contributed by atoms with Crippen molar-refractivity contribution in [3.63, 3.8) is 0 Å². The molecule has 0 aromatic heterocycles. The first kappa shape index (κ1) is 29.0. The summed E-state index contributed by atoms with van der Waals surface area (Å²) in [5, 5.41) is 8.11. The summed E-state index contributed by atoms with van der Waals surface area (Å²) in [5.74, 6) is 0. The Morgan fingerprint density at radius 1 is 0.375 bits per heavy atom. The fourth-order valence-electron chi connectivity index (χ4n) is 9.01. The Kier molecular flexibility index (Phi) is 6.94. The van der Waals surface area contributed by atoms with Crippen molar-refractivity contribution in [3.05, 3.63) is 157 Å². The van der Waals surface area contributed by atoms with Gasteiger partial charge in [-0.15, -0.1) is 0 Å². The van der Waals surface area contributed by atoms with Gasteiger partial charge in [0.15, 0.2) is 0 Å². The van der Waals surface area contributed by atoms with Gasteiger partial charge in [-0.1, -0.05) is 167 Å². The van der Waals surface area contributed by atoms with Crippen molar-refractivity contribution in [1.29, 1.82) is 0 Å². The van der Waals surface area contributed by atoms with Crippen molar-refractivity contribution in [3.8, 4) is 44.5 Å². The second kappa shape index (κ2) is 11.5. The van der Waals surface area contributed by atoms with E-state index in [0.717, 1.165) is 0 Å². The van der Waals surface area contributed by atoms with E-state index in [9.17, 15) is 0 Å². The minimum atomic E-state index is 0.0860. The van der Waals surface area contributed by atoms with E-state index in [-0.39, 0.29) is 5.41 Å². The highest BCUT2D eigenvalue weighted by Gasteiger charge is 2.44. The average molecular weight is 617 g/mol. The molecule has 1 spiro atoms. The third-order valence-corrected chi connectivity index (χ3v) is 11.2. The Morgan fingerprint density at radius 3 is 1.56 bits per heavy atom. The average Bonchev–Trinajstić information content (AvgIpc) is 3.42. The molecule has 8 aromatic carbocycles. The van der Waals surface area contributed by atoms with Crippen molar-refractivity contribution in [1.82, 2.24) is 0 Å². The monoisotopic (exact) mass is 616 g/mol. The predicted octanol–water partition coefficient (Wildman–Crippen LogP) is 13.8. The lowest BCUT2D eigenvalue weighted by molar-refractivity contribution is 0.353. The highest BCUT2D eigenvalue weighted by molar-refractivity contribution is 6.25. The van der Waals surface area contributed by atoms with E-state index in [1.54, 1.807) is 11.1 Å². The molecule has 232 valence electrons. The minimum absolute atomic E-state index is 0.0860. The first-order valence-corrected chi connectivity index (χ1v) is 17.9. The Morgan fingerprint density at radius 2 is 0.875 bits per heavy atom. The molecule has 0 N–H and O–H groups in total. The maximum absolute atomic E-state index is 2.57. The second-order valence-electron chi connectivity index (χ2n) is 13.6. The highest BCUT2D eigenvalue weighted by atomic mass is 14.5. The van der Waals surface area contributed by atoms with Crippen LogP contribution in [0.5, 0.6) is 0 Å². The standard InChI is InChI=1S/C46H34.C2H6/c1-3-8-30(9-4-1)31-12-14-32(15-13-31)36-20-23-39-40-24-21-37(29-43(40)46(42(39)28-36)26-5-2-6-27-46)38-22-18-35-17-16-33-10-7-11-34-19-25-41(38)45(35)44(33)34;1-2/h1,3-4,7-25,28-29H,2,5-6,26-27H2;1-2H3. The lowest BCUT2D eigenvalue weighted by Gasteiger charge is -2.36. The van der Waals surface area contributed by atoms with Gasteiger partial charge in [-0.25, -0.2) is 0 Å². The predicted molar refractivity (Wildman–Crippen MR) is 207 cm³/mol. The second-order valence-corrected chi connectivity index (χ2v) is 13.6. The summed E-state index contributed by atoms with van der Waals surface area (Å²) in [7, 11) is 0. The van der Waals surface area contributed by atoms with Gasteiger partial charge in [0.25, 0.3) is 0 Å². The topological polar surface area (TPSA) is 0 Å². The van der Waals surface area contributed by atoms with Gasteiger partial charge in [0.1, 0.15) is 0 Å². The summed E-state index contributed by atoms with van der Waals surface area (Å²) in [6.07, 6.45) is 6.37. The van der Waals surface area contributed by atoms with Crippen LogP contribution in [-0.4, -0.2) is 0 Å². The summed E-state index contributed by atoms with van der Waals surface area (Å²) in [5.41, 5.74) is 13.9. The quantitative estimate of drug-likeness (QED) is 0.173. The van der Waals surface area contributed by atoms with Gasteiger partial charge in [-0.05, 0) is 113 Å². The molecule has 2 aliphatic rings. The van der Waals surface area contributed by atoms with Crippen molar-refractivity contribution in [2.75, 3.05) is 0 Å². The number of fused-ring (bicyclic) bond motifs is 5. The molecule has 0 atom stereocenters. The smallest absolute Gasteiger partial charge is 0.0215 e. The summed E-state index contributed by atoms with van der Waals surface area (Å²) >= 11 is 0. The van der Waals surface area contributed by atoms with Crippen molar-refractivity contribution in [2.45, 2.75) is 51.4 Å². The molecule has 0 saturated heterocycles. The van der Waals surface area contributed by atoms with Gasteiger partial charge in [-0.3, -0.25) is 0 Å². The molecule has 2 aliphatic carbocycles. The molecule has 1 fully saturated rings. The molecule has 0 heteroatoms. The van der Waals surface area contributed by atoms with Crippen LogP contribution in [0.1, 0.15) is 57.1 Å². The number of hydrogen-bond donors (Lipinski definition) is 0. The first-order chi connectivity index (χ1) is 23.8. The van der Waals surface area contributed by atoms with E-state index in [1.165, 1.54) is 109 Å². The normalized spacial score (nSPS) is 14.6. The van der Waals surface area contributed by atoms with Gasteiger partial charge in [0.05, 0.1) is 0 Å². The molecule has 0 nitrogen and oxygen atoms in total. The molecular weight excluding hydrogens is 577 g/mol. The Labute approximate surface area is 284 Å². The van der Waals surface area contributed by atoms with Gasteiger partial charge < -0.3 is 0 Å². The van der Waals surface area contributed by atoms with Crippen molar-refractivity contribution < 1.29 is 0 Å². The minimum Gasteiger partial charge on any atom is -0.0683 e. The van der Waals surface area contributed by atoms with Crippen LogP contribution in [-0.2, 0) is 5.41 Å². The molecule has 10 rings (SSSR count). The molecule has 0 heterocycles. The molecular formula is C48H40. The van der Waals surface area contributed by atoms with E-state index in [0.29, 0.717) is 0 Å². The molecule has 1 saturated carbocycles. The van der Waals surface area contributed by atoms with Crippen molar-refractivity contribution >= 4 is 32.3 Å². The fourth-order valence-corrected chi connectivity index (χ4v) is 9.01. The van der Waals surface area contributed by atoms with Gasteiger partial charge in [0, 0.05) is 5.41 Å². The van der Waals surface area contributed by atoms with E-state index in [2.05, 4.69) is 146 Å². The number of benzene rings is 8. The Balaban J connectivity index is 0.00000154. The largest absolute Gasteiger partial charge is 0.0683 e. The van der Waals surface area contributed by atoms with Crippen LogP contribution in [0.3, 0.4) is 0 Å². The zero-order chi connectivity index (χ0) is 32.2. The molecule has 48 heavy (non-hydrogen) atoms.